The van der Waals surface area contributed by atoms with Gasteiger partial charge in [0, 0.05) is 22.1 Å². The number of benzene rings is 1. The lowest BCUT2D eigenvalue weighted by atomic mass is 9.92. The van der Waals surface area contributed by atoms with Crippen LogP contribution in [0.4, 0.5) is 5.88 Å². The summed E-state index contributed by atoms with van der Waals surface area (Å²) in [6, 6.07) is 6.68. The van der Waals surface area contributed by atoms with Crippen LogP contribution in [0.15, 0.2) is 33.9 Å². The second-order valence-electron chi connectivity index (χ2n) is 6.96. The molecule has 0 aliphatic heterocycles. The summed E-state index contributed by atoms with van der Waals surface area (Å²) < 4.78 is 6.42. The first kappa shape index (κ1) is 20.5. The van der Waals surface area contributed by atoms with Gasteiger partial charge in [-0.3, -0.25) is 10.1 Å². The van der Waals surface area contributed by atoms with Gasteiger partial charge in [-0.1, -0.05) is 60.9 Å². The van der Waals surface area contributed by atoms with Crippen LogP contribution in [0.5, 0.6) is 0 Å². The number of carbonyl (C=O) groups is 1. The third-order valence-electron chi connectivity index (χ3n) is 3.71. The SMILES string of the molecule is CC(C)(C)c1cc(NC(=O)CSc2nnc(-c3ccc(Cl)cc3Cl)n2N)on1. The van der Waals surface area contributed by atoms with Crippen molar-refractivity contribution in [3.63, 3.8) is 0 Å². The first-order valence-corrected chi connectivity index (χ1v) is 9.95. The average molecular weight is 441 g/mol. The van der Waals surface area contributed by atoms with Gasteiger partial charge >= 0.3 is 0 Å². The lowest BCUT2D eigenvalue weighted by Gasteiger charge is -2.12. The standard InChI is InChI=1S/C17H18Cl2N6O2S/c1-17(2,3)12-7-14(27-24-12)21-13(26)8-28-16-23-22-15(25(16)20)10-5-4-9(18)6-11(10)19/h4-7H,8,20H2,1-3H3,(H,21,26). The van der Waals surface area contributed by atoms with Crippen molar-refractivity contribution in [2.45, 2.75) is 31.3 Å². The van der Waals surface area contributed by atoms with E-state index in [2.05, 4.69) is 20.7 Å². The van der Waals surface area contributed by atoms with Gasteiger partial charge in [0.15, 0.2) is 5.82 Å². The van der Waals surface area contributed by atoms with Gasteiger partial charge < -0.3 is 10.4 Å². The summed E-state index contributed by atoms with van der Waals surface area (Å²) in [6.45, 7) is 6.01. The molecular weight excluding hydrogens is 423 g/mol. The van der Waals surface area contributed by atoms with Gasteiger partial charge in [-0.15, -0.1) is 10.2 Å². The topological polar surface area (TPSA) is 112 Å². The number of nitrogens with two attached hydrogens (primary N) is 1. The summed E-state index contributed by atoms with van der Waals surface area (Å²) in [5.74, 6) is 6.49. The fourth-order valence-electron chi connectivity index (χ4n) is 2.22. The number of carbonyl (C=O) groups excluding carboxylic acids is 1. The van der Waals surface area contributed by atoms with Gasteiger partial charge in [-0.25, -0.2) is 4.68 Å². The molecule has 11 heteroatoms. The van der Waals surface area contributed by atoms with Crippen molar-refractivity contribution in [3.8, 4) is 11.4 Å². The Morgan fingerprint density at radius 3 is 2.68 bits per heavy atom. The molecule has 0 aliphatic rings. The Labute approximate surface area is 175 Å². The molecule has 0 radical (unpaired) electrons. The average Bonchev–Trinajstić information content (AvgIpc) is 3.20. The second-order valence-corrected chi connectivity index (χ2v) is 8.75. The first-order chi connectivity index (χ1) is 13.1. The van der Waals surface area contributed by atoms with Gasteiger partial charge in [0.1, 0.15) is 0 Å². The highest BCUT2D eigenvalue weighted by Gasteiger charge is 2.20. The molecule has 148 valence electrons. The van der Waals surface area contributed by atoms with E-state index in [9.17, 15) is 4.79 Å². The summed E-state index contributed by atoms with van der Waals surface area (Å²) in [5, 5.41) is 16.0. The van der Waals surface area contributed by atoms with Crippen LogP contribution >= 0.6 is 35.0 Å². The van der Waals surface area contributed by atoms with Crippen molar-refractivity contribution in [2.24, 2.45) is 0 Å². The fraction of sp³-hybridized carbons (Fsp3) is 0.294. The van der Waals surface area contributed by atoms with E-state index in [-0.39, 0.29) is 17.1 Å². The molecule has 28 heavy (non-hydrogen) atoms. The number of halogens is 2. The molecule has 2 aromatic heterocycles. The zero-order valence-electron chi connectivity index (χ0n) is 15.4. The minimum atomic E-state index is -0.282. The second kappa shape index (κ2) is 8.02. The molecule has 8 nitrogen and oxygen atoms in total. The van der Waals surface area contributed by atoms with Crippen LogP contribution in [-0.2, 0) is 10.2 Å². The van der Waals surface area contributed by atoms with E-state index in [1.165, 1.54) is 4.68 Å². The molecule has 1 aromatic carbocycles. The van der Waals surface area contributed by atoms with Crippen LogP contribution in [-0.4, -0.2) is 31.7 Å². The molecule has 0 saturated carbocycles. The van der Waals surface area contributed by atoms with Crippen LogP contribution in [0.3, 0.4) is 0 Å². The zero-order chi connectivity index (χ0) is 20.5. The maximum Gasteiger partial charge on any atom is 0.237 e. The zero-order valence-corrected chi connectivity index (χ0v) is 17.7. The van der Waals surface area contributed by atoms with Gasteiger partial charge in [-0.2, -0.15) is 0 Å². The van der Waals surface area contributed by atoms with Crippen molar-refractivity contribution in [2.75, 3.05) is 16.9 Å². The molecule has 0 unspecified atom stereocenters. The van der Waals surface area contributed by atoms with Gasteiger partial charge in [0.25, 0.3) is 0 Å². The number of nitrogens with one attached hydrogen (secondary N) is 1. The minimum absolute atomic E-state index is 0.0647. The number of hydrogen-bond acceptors (Lipinski definition) is 7. The van der Waals surface area contributed by atoms with Gasteiger partial charge in [-0.05, 0) is 18.2 Å². The molecule has 3 N–H and O–H groups in total. The van der Waals surface area contributed by atoms with Gasteiger partial charge in [0.05, 0.1) is 16.5 Å². The summed E-state index contributed by atoms with van der Waals surface area (Å²) in [7, 11) is 0. The molecule has 3 rings (SSSR count). The summed E-state index contributed by atoms with van der Waals surface area (Å²) in [5.41, 5.74) is 1.17. The number of aromatic nitrogens is 4. The molecule has 1 amide bonds. The van der Waals surface area contributed by atoms with Crippen molar-refractivity contribution < 1.29 is 9.32 Å². The molecule has 0 bridgehead atoms. The first-order valence-electron chi connectivity index (χ1n) is 8.21. The van der Waals surface area contributed by atoms with E-state index < -0.39 is 0 Å². The third kappa shape index (κ3) is 4.60. The summed E-state index contributed by atoms with van der Waals surface area (Å²) in [4.78, 5) is 12.2. The quantitative estimate of drug-likeness (QED) is 0.455. The van der Waals surface area contributed by atoms with Crippen LogP contribution in [0.1, 0.15) is 26.5 Å². The highest BCUT2D eigenvalue weighted by Crippen LogP contribution is 2.30. The predicted molar refractivity (Wildman–Crippen MR) is 110 cm³/mol. The van der Waals surface area contributed by atoms with E-state index >= 15 is 0 Å². The molecule has 0 atom stereocenters. The molecule has 0 aliphatic carbocycles. The van der Waals surface area contributed by atoms with Crippen LogP contribution in [0, 0.1) is 0 Å². The molecule has 0 fully saturated rings. The third-order valence-corrected chi connectivity index (χ3v) is 5.20. The number of rotatable bonds is 5. The molecule has 2 heterocycles. The van der Waals surface area contributed by atoms with Crippen LogP contribution in [0.25, 0.3) is 11.4 Å². The van der Waals surface area contributed by atoms with E-state index in [1.54, 1.807) is 24.3 Å². The Bertz CT molecular complexity index is 1010. The fourth-order valence-corrected chi connectivity index (χ4v) is 3.37. The van der Waals surface area contributed by atoms with E-state index in [0.717, 1.165) is 17.5 Å². The Hall–Kier alpha value is -2.23. The number of nitrogen functional groups attached to an aromatic ring is 1. The van der Waals surface area contributed by atoms with Crippen molar-refractivity contribution in [1.29, 1.82) is 0 Å². The van der Waals surface area contributed by atoms with Gasteiger partial charge in [0.2, 0.25) is 16.9 Å². The Morgan fingerprint density at radius 2 is 2.04 bits per heavy atom. The molecule has 3 aromatic rings. The summed E-state index contributed by atoms with van der Waals surface area (Å²) in [6.07, 6.45) is 0. The monoisotopic (exact) mass is 440 g/mol. The normalized spacial score (nSPS) is 11.6. The minimum Gasteiger partial charge on any atom is -0.338 e. The highest BCUT2D eigenvalue weighted by molar-refractivity contribution is 7.99. The Balaban J connectivity index is 1.64. The Morgan fingerprint density at radius 1 is 1.29 bits per heavy atom. The number of hydrogen-bond donors (Lipinski definition) is 2. The predicted octanol–water partition coefficient (Wildman–Crippen LogP) is 3.98. The lowest BCUT2D eigenvalue weighted by molar-refractivity contribution is -0.113. The van der Waals surface area contributed by atoms with Crippen molar-refractivity contribution in [1.82, 2.24) is 20.0 Å². The maximum atomic E-state index is 12.2. The number of amides is 1. The molecule has 0 spiro atoms. The van der Waals surface area contributed by atoms with E-state index in [4.69, 9.17) is 33.6 Å². The van der Waals surface area contributed by atoms with Crippen LogP contribution < -0.4 is 11.2 Å². The van der Waals surface area contributed by atoms with Crippen molar-refractivity contribution in [3.05, 3.63) is 40.0 Å². The van der Waals surface area contributed by atoms with E-state index in [1.807, 2.05) is 20.8 Å². The Kier molecular flexibility index (Phi) is 5.87. The summed E-state index contributed by atoms with van der Waals surface area (Å²) >= 11 is 13.2. The van der Waals surface area contributed by atoms with Crippen LogP contribution in [0.2, 0.25) is 10.0 Å². The maximum absolute atomic E-state index is 12.2. The van der Waals surface area contributed by atoms with E-state index in [0.29, 0.717) is 32.5 Å². The largest absolute Gasteiger partial charge is 0.338 e. The molecule has 0 saturated heterocycles. The smallest absolute Gasteiger partial charge is 0.237 e. The highest BCUT2D eigenvalue weighted by atomic mass is 35.5. The van der Waals surface area contributed by atoms with Crippen molar-refractivity contribution >= 4 is 46.8 Å². The number of anilines is 1. The number of nitrogens with zero attached hydrogens (tertiary/aromatic N) is 4. The lowest BCUT2D eigenvalue weighted by Crippen LogP contribution is -2.16. The molecular formula is C17H18Cl2N6O2S. The number of thioether (sulfide) groups is 1.